The fraction of sp³-hybridized carbons (Fsp3) is 0.486. The van der Waals surface area contributed by atoms with E-state index in [0.717, 1.165) is 42.3 Å². The largest absolute Gasteiger partial charge is 0.497 e. The number of imidazole rings is 1. The number of ether oxygens (including phenoxy) is 1. The number of piperidine rings is 1. The summed E-state index contributed by atoms with van der Waals surface area (Å²) in [5, 5.41) is 3.02. The zero-order chi connectivity index (χ0) is 32.5. The van der Waals surface area contributed by atoms with Crippen molar-refractivity contribution in [3.63, 3.8) is 0 Å². The normalized spacial score (nSPS) is 16.7. The lowest BCUT2D eigenvalue weighted by molar-refractivity contribution is -0.140. The number of aromatic nitrogens is 2. The van der Waals surface area contributed by atoms with Crippen LogP contribution in [0, 0.1) is 0 Å². The van der Waals surface area contributed by atoms with Crippen LogP contribution >= 0.6 is 0 Å². The number of likely N-dealkylation sites (tertiary alicyclic amines) is 1. The Morgan fingerprint density at radius 3 is 2.41 bits per heavy atom. The molecule has 3 amide bonds. The summed E-state index contributed by atoms with van der Waals surface area (Å²) in [5.41, 5.74) is 2.10. The van der Waals surface area contributed by atoms with Crippen LogP contribution in [0.3, 0.4) is 0 Å². The van der Waals surface area contributed by atoms with Gasteiger partial charge in [0.25, 0.3) is 0 Å². The van der Waals surface area contributed by atoms with E-state index < -0.39 is 11.6 Å². The summed E-state index contributed by atoms with van der Waals surface area (Å²) in [4.78, 5) is 56.7. The van der Waals surface area contributed by atoms with Crippen LogP contribution < -0.4 is 15.0 Å². The van der Waals surface area contributed by atoms with Crippen molar-refractivity contribution in [1.29, 1.82) is 0 Å². The van der Waals surface area contributed by atoms with E-state index in [4.69, 9.17) is 4.74 Å². The van der Waals surface area contributed by atoms with Crippen molar-refractivity contribution < 1.29 is 19.1 Å². The first-order chi connectivity index (χ1) is 22.4. The van der Waals surface area contributed by atoms with Crippen molar-refractivity contribution in [2.45, 2.75) is 57.5 Å². The molecule has 3 heterocycles. The number of benzene rings is 2. The highest BCUT2D eigenvalue weighted by atomic mass is 16.5. The van der Waals surface area contributed by atoms with Gasteiger partial charge in [0, 0.05) is 56.6 Å². The average molecular weight is 630 g/mol. The van der Waals surface area contributed by atoms with Gasteiger partial charge in [-0.3, -0.25) is 14.4 Å². The Labute approximate surface area is 271 Å². The van der Waals surface area contributed by atoms with Crippen LogP contribution in [0.25, 0.3) is 0 Å². The summed E-state index contributed by atoms with van der Waals surface area (Å²) in [5.74, 6) is 0.542. The molecule has 2 fully saturated rings. The fourth-order valence-corrected chi connectivity index (χ4v) is 6.63. The number of methoxy groups -OCH3 is 1. The summed E-state index contributed by atoms with van der Waals surface area (Å²) in [7, 11) is 1.61. The molecule has 1 unspecified atom stereocenters. The van der Waals surface area contributed by atoms with E-state index in [1.165, 1.54) is 0 Å². The van der Waals surface area contributed by atoms with Crippen LogP contribution in [-0.2, 0) is 27.2 Å². The lowest BCUT2D eigenvalue weighted by Crippen LogP contribution is -2.59. The Morgan fingerprint density at radius 2 is 1.78 bits per heavy atom. The predicted molar refractivity (Wildman–Crippen MR) is 177 cm³/mol. The number of H-pyrrole nitrogens is 1. The summed E-state index contributed by atoms with van der Waals surface area (Å²) < 4.78 is 5.30. The van der Waals surface area contributed by atoms with E-state index >= 15 is 0 Å². The third kappa shape index (κ3) is 7.52. The van der Waals surface area contributed by atoms with E-state index in [9.17, 15) is 14.4 Å². The minimum absolute atomic E-state index is 0.129. The first-order valence-electron chi connectivity index (χ1n) is 16.4. The summed E-state index contributed by atoms with van der Waals surface area (Å²) in [6, 6.07) is 16.9. The molecule has 2 N–H and O–H groups in total. The molecular weight excluding hydrogens is 582 g/mol. The first-order valence-corrected chi connectivity index (χ1v) is 16.4. The summed E-state index contributed by atoms with van der Waals surface area (Å²) in [6.45, 7) is 9.07. The molecule has 0 aliphatic carbocycles. The maximum Gasteiger partial charge on any atom is 0.250 e. The Hall–Kier alpha value is -4.38. The number of carbonyl (C=O) groups is 3. The van der Waals surface area contributed by atoms with Crippen molar-refractivity contribution in [2.75, 3.05) is 57.9 Å². The zero-order valence-corrected chi connectivity index (χ0v) is 27.3. The molecule has 1 spiro atoms. The van der Waals surface area contributed by atoms with E-state index in [1.807, 2.05) is 52.3 Å². The second-order valence-electron chi connectivity index (χ2n) is 12.1. The molecule has 2 aliphatic heterocycles. The number of carbonyl (C=O) groups excluding carboxylic acids is 3. The SMILES string of the molecule is CCN(CC)CCN1CN(c2ccccc2)C2(CCN(C(=O)C(Cc3ccc(OC)cc3)NC(=O)CCc3cnc[nH]3)CC2)C1=O. The number of likely N-dealkylation sites (N-methyl/N-ethyl adjacent to an activating group) is 1. The minimum Gasteiger partial charge on any atom is -0.497 e. The van der Waals surface area contributed by atoms with Gasteiger partial charge in [-0.25, -0.2) is 4.98 Å². The topological polar surface area (TPSA) is 114 Å². The summed E-state index contributed by atoms with van der Waals surface area (Å²) >= 11 is 0. The van der Waals surface area contributed by atoms with Gasteiger partial charge >= 0.3 is 0 Å². The number of para-hydroxylation sites is 1. The maximum atomic E-state index is 14.2. The predicted octanol–water partition coefficient (Wildman–Crippen LogP) is 3.09. The average Bonchev–Trinajstić information content (AvgIpc) is 3.71. The molecule has 2 aliphatic rings. The van der Waals surface area contributed by atoms with Gasteiger partial charge in [-0.2, -0.15) is 0 Å². The number of hydrogen-bond donors (Lipinski definition) is 2. The van der Waals surface area contributed by atoms with Crippen LogP contribution in [0.1, 0.15) is 44.4 Å². The van der Waals surface area contributed by atoms with Crippen LogP contribution in [-0.4, -0.2) is 107 Å². The zero-order valence-electron chi connectivity index (χ0n) is 27.3. The number of rotatable bonds is 14. The first kappa shape index (κ1) is 33.0. The van der Waals surface area contributed by atoms with Crippen molar-refractivity contribution in [2.24, 2.45) is 0 Å². The number of nitrogens with one attached hydrogen (secondary N) is 2. The van der Waals surface area contributed by atoms with Crippen molar-refractivity contribution >= 4 is 23.4 Å². The second kappa shape index (κ2) is 15.3. The Kier molecular flexibility index (Phi) is 11.0. The van der Waals surface area contributed by atoms with E-state index in [0.29, 0.717) is 52.0 Å². The van der Waals surface area contributed by atoms with Gasteiger partial charge in [-0.1, -0.05) is 44.2 Å². The molecular formula is C35H47N7O4. The van der Waals surface area contributed by atoms with Crippen LogP contribution in [0.2, 0.25) is 0 Å². The molecule has 0 radical (unpaired) electrons. The van der Waals surface area contributed by atoms with Crippen molar-refractivity contribution in [3.05, 3.63) is 78.4 Å². The second-order valence-corrected chi connectivity index (χ2v) is 12.1. The molecule has 2 saturated heterocycles. The highest BCUT2D eigenvalue weighted by Crippen LogP contribution is 2.39. The van der Waals surface area contributed by atoms with Crippen molar-refractivity contribution in [1.82, 2.24) is 30.0 Å². The number of aromatic amines is 1. The van der Waals surface area contributed by atoms with E-state index in [1.54, 1.807) is 19.6 Å². The smallest absolute Gasteiger partial charge is 0.250 e. The number of anilines is 1. The summed E-state index contributed by atoms with van der Waals surface area (Å²) in [6.07, 6.45) is 5.43. The molecule has 246 valence electrons. The monoisotopic (exact) mass is 629 g/mol. The standard InChI is InChI=1S/C35H47N7O4/c1-4-39(5-2)21-22-41-26-42(29-9-7-6-8-10-29)35(34(41)45)17-19-40(20-18-35)33(44)31(23-27-11-14-30(46-3)15-12-27)38-32(43)16-13-28-24-36-25-37-28/h6-12,14-15,24-25,31H,4-5,13,16-23,26H2,1-3H3,(H,36,37)(H,38,43). The van der Waals surface area contributed by atoms with E-state index in [-0.39, 0.29) is 24.1 Å². The number of hydrogen-bond acceptors (Lipinski definition) is 7. The number of amides is 3. The third-order valence-corrected chi connectivity index (χ3v) is 9.47. The van der Waals surface area contributed by atoms with Crippen LogP contribution in [0.5, 0.6) is 5.75 Å². The highest BCUT2D eigenvalue weighted by molar-refractivity contribution is 5.94. The highest BCUT2D eigenvalue weighted by Gasteiger charge is 2.54. The lowest BCUT2D eigenvalue weighted by atomic mass is 9.85. The molecule has 1 atom stereocenters. The lowest BCUT2D eigenvalue weighted by Gasteiger charge is -2.44. The number of aryl methyl sites for hydroxylation is 1. The quantitative estimate of drug-likeness (QED) is 0.282. The molecule has 46 heavy (non-hydrogen) atoms. The Bertz CT molecular complexity index is 1420. The molecule has 2 aromatic carbocycles. The molecule has 5 rings (SSSR count). The molecule has 1 aromatic heterocycles. The van der Waals surface area contributed by atoms with Crippen molar-refractivity contribution in [3.8, 4) is 5.75 Å². The molecule has 11 nitrogen and oxygen atoms in total. The van der Waals surface area contributed by atoms with Gasteiger partial charge in [-0.05, 0) is 62.2 Å². The van der Waals surface area contributed by atoms with Gasteiger partial charge in [0.2, 0.25) is 17.7 Å². The Morgan fingerprint density at radius 1 is 1.07 bits per heavy atom. The third-order valence-electron chi connectivity index (χ3n) is 9.47. The van der Waals surface area contributed by atoms with Gasteiger partial charge in [0.05, 0.1) is 20.1 Å². The van der Waals surface area contributed by atoms with Crippen LogP contribution in [0.15, 0.2) is 67.1 Å². The molecule has 3 aromatic rings. The number of nitrogens with zero attached hydrogens (tertiary/aromatic N) is 5. The van der Waals surface area contributed by atoms with E-state index in [2.05, 4.69) is 51.1 Å². The van der Waals surface area contributed by atoms with Gasteiger partial charge in [0.1, 0.15) is 17.3 Å². The minimum atomic E-state index is -0.730. The molecule has 0 saturated carbocycles. The van der Waals surface area contributed by atoms with Crippen LogP contribution in [0.4, 0.5) is 5.69 Å². The Balaban J connectivity index is 1.30. The molecule has 11 heteroatoms. The fourth-order valence-electron chi connectivity index (χ4n) is 6.63. The molecule has 0 bridgehead atoms. The van der Waals surface area contributed by atoms with Gasteiger partial charge in [0.15, 0.2) is 0 Å². The maximum absolute atomic E-state index is 14.2. The van der Waals surface area contributed by atoms with Gasteiger partial charge < -0.3 is 34.6 Å². The van der Waals surface area contributed by atoms with Gasteiger partial charge in [-0.15, -0.1) is 0 Å².